The zero-order valence-corrected chi connectivity index (χ0v) is 9.70. The van der Waals surface area contributed by atoms with Crippen molar-refractivity contribution in [3.05, 3.63) is 16.6 Å². The van der Waals surface area contributed by atoms with Crippen LogP contribution in [0.3, 0.4) is 0 Å². The van der Waals surface area contributed by atoms with Gasteiger partial charge in [0.15, 0.2) is 5.17 Å². The number of nitrogens with one attached hydrogen (secondary N) is 1. The van der Waals surface area contributed by atoms with Crippen molar-refractivity contribution in [1.29, 1.82) is 0 Å². The predicted molar refractivity (Wildman–Crippen MR) is 63.0 cm³/mol. The van der Waals surface area contributed by atoms with E-state index in [2.05, 4.69) is 22.2 Å². The predicted octanol–water partition coefficient (Wildman–Crippen LogP) is 2.29. The quantitative estimate of drug-likeness (QED) is 0.861. The van der Waals surface area contributed by atoms with E-state index in [9.17, 15) is 0 Å². The molecule has 0 amide bonds. The van der Waals surface area contributed by atoms with Gasteiger partial charge in [-0.05, 0) is 6.42 Å². The summed E-state index contributed by atoms with van der Waals surface area (Å²) in [6.07, 6.45) is 2.90. The van der Waals surface area contributed by atoms with Crippen LogP contribution in [0.15, 0.2) is 16.6 Å². The number of thioether (sulfide) groups is 1. The first-order valence-electron chi connectivity index (χ1n) is 4.73. The molecule has 3 nitrogen and oxygen atoms in total. The van der Waals surface area contributed by atoms with Gasteiger partial charge in [0.25, 0.3) is 0 Å². The van der Waals surface area contributed by atoms with E-state index in [1.807, 2.05) is 11.6 Å². The van der Waals surface area contributed by atoms with Gasteiger partial charge in [0.1, 0.15) is 5.01 Å². The normalized spacial score (nSPS) is 17.9. The lowest BCUT2D eigenvalue weighted by Gasteiger charge is -2.14. The monoisotopic (exact) mass is 227 g/mol. The van der Waals surface area contributed by atoms with Gasteiger partial charge in [0.05, 0.1) is 12.6 Å². The largest absolute Gasteiger partial charge is 0.356 e. The molecule has 0 radical (unpaired) electrons. The highest BCUT2D eigenvalue weighted by atomic mass is 32.2. The number of amidine groups is 1. The van der Waals surface area contributed by atoms with Gasteiger partial charge in [0.2, 0.25) is 0 Å². The van der Waals surface area contributed by atoms with Crippen LogP contribution in [0.5, 0.6) is 0 Å². The van der Waals surface area contributed by atoms with Crippen LogP contribution in [0.4, 0.5) is 0 Å². The maximum Gasteiger partial charge on any atom is 0.157 e. The van der Waals surface area contributed by atoms with E-state index >= 15 is 0 Å². The molecule has 0 aromatic carbocycles. The van der Waals surface area contributed by atoms with Crippen LogP contribution in [0.1, 0.15) is 24.4 Å². The van der Waals surface area contributed by atoms with E-state index in [1.165, 1.54) is 0 Å². The van der Waals surface area contributed by atoms with Crippen molar-refractivity contribution in [2.75, 3.05) is 12.3 Å². The second-order valence-electron chi connectivity index (χ2n) is 3.01. The topological polar surface area (TPSA) is 37.3 Å². The summed E-state index contributed by atoms with van der Waals surface area (Å²) >= 11 is 3.50. The van der Waals surface area contributed by atoms with E-state index in [-0.39, 0.29) is 0 Å². The van der Waals surface area contributed by atoms with Gasteiger partial charge in [-0.25, -0.2) is 4.98 Å². The van der Waals surface area contributed by atoms with Crippen molar-refractivity contribution in [2.24, 2.45) is 4.99 Å². The summed E-state index contributed by atoms with van der Waals surface area (Å²) in [5.41, 5.74) is 0. The molecule has 5 heteroatoms. The van der Waals surface area contributed by atoms with E-state index in [0.717, 1.165) is 28.9 Å². The third kappa shape index (κ3) is 2.27. The third-order valence-electron chi connectivity index (χ3n) is 2.04. The van der Waals surface area contributed by atoms with Gasteiger partial charge in [0, 0.05) is 17.3 Å². The Bertz CT molecular complexity index is 308. The molecule has 0 saturated carbocycles. The molecule has 2 heterocycles. The van der Waals surface area contributed by atoms with Crippen LogP contribution in [0.25, 0.3) is 0 Å². The molecular formula is C9H13N3S2. The molecular weight excluding hydrogens is 214 g/mol. The lowest BCUT2D eigenvalue weighted by atomic mass is 10.2. The van der Waals surface area contributed by atoms with Gasteiger partial charge in [-0.15, -0.1) is 11.3 Å². The minimum absolute atomic E-state index is 0.333. The molecule has 0 aliphatic carbocycles. The first kappa shape index (κ1) is 9.98. The number of hydrogen-bond acceptors (Lipinski definition) is 5. The number of aliphatic imine (C=N–C) groups is 1. The highest BCUT2D eigenvalue weighted by Crippen LogP contribution is 2.21. The summed E-state index contributed by atoms with van der Waals surface area (Å²) in [4.78, 5) is 8.70. The highest BCUT2D eigenvalue weighted by Gasteiger charge is 2.15. The maximum atomic E-state index is 4.38. The van der Waals surface area contributed by atoms with Gasteiger partial charge in [-0.1, -0.05) is 18.7 Å². The van der Waals surface area contributed by atoms with Crippen molar-refractivity contribution < 1.29 is 0 Å². The molecule has 1 atom stereocenters. The first-order valence-corrected chi connectivity index (χ1v) is 6.60. The lowest BCUT2D eigenvalue weighted by molar-refractivity contribution is 0.625. The van der Waals surface area contributed by atoms with Crippen molar-refractivity contribution >= 4 is 28.3 Å². The molecule has 1 unspecified atom stereocenters. The Hall–Kier alpha value is -0.550. The average molecular weight is 227 g/mol. The number of rotatable bonds is 3. The SMILES string of the molecule is CCC(NC1=NCCS1)c1nccs1. The Morgan fingerprint density at radius 2 is 2.57 bits per heavy atom. The number of aromatic nitrogens is 1. The second-order valence-corrected chi connectivity index (χ2v) is 5.02. The number of nitrogens with zero attached hydrogens (tertiary/aromatic N) is 2. The van der Waals surface area contributed by atoms with E-state index in [4.69, 9.17) is 0 Å². The van der Waals surface area contributed by atoms with Crippen LogP contribution in [-0.2, 0) is 0 Å². The van der Waals surface area contributed by atoms with Crippen LogP contribution in [-0.4, -0.2) is 22.4 Å². The highest BCUT2D eigenvalue weighted by molar-refractivity contribution is 8.14. The van der Waals surface area contributed by atoms with Crippen LogP contribution >= 0.6 is 23.1 Å². The molecule has 1 aromatic rings. The standard InChI is InChI=1S/C9H13N3S2/c1-2-7(8-10-3-5-13-8)12-9-11-4-6-14-9/h3,5,7H,2,4,6H2,1H3,(H,11,12). The lowest BCUT2D eigenvalue weighted by Crippen LogP contribution is -2.24. The molecule has 0 fully saturated rings. The van der Waals surface area contributed by atoms with Gasteiger partial charge < -0.3 is 5.32 Å². The van der Waals surface area contributed by atoms with Crippen molar-refractivity contribution in [1.82, 2.24) is 10.3 Å². The van der Waals surface area contributed by atoms with Crippen LogP contribution in [0.2, 0.25) is 0 Å². The summed E-state index contributed by atoms with van der Waals surface area (Å²) in [6.45, 7) is 3.11. The summed E-state index contributed by atoms with van der Waals surface area (Å²) in [5.74, 6) is 1.11. The zero-order valence-electron chi connectivity index (χ0n) is 8.06. The molecule has 1 N–H and O–H groups in total. The average Bonchev–Trinajstić information content (AvgIpc) is 2.86. The minimum atomic E-state index is 0.333. The van der Waals surface area contributed by atoms with Gasteiger partial charge in [-0.3, -0.25) is 4.99 Å². The fourth-order valence-electron chi connectivity index (χ4n) is 1.32. The summed E-state index contributed by atoms with van der Waals surface area (Å²) in [6, 6.07) is 0.333. The van der Waals surface area contributed by atoms with Gasteiger partial charge >= 0.3 is 0 Å². The van der Waals surface area contributed by atoms with E-state index < -0.39 is 0 Å². The van der Waals surface area contributed by atoms with E-state index in [1.54, 1.807) is 23.1 Å². The van der Waals surface area contributed by atoms with Crippen LogP contribution in [0, 0.1) is 0 Å². The molecule has 0 bridgehead atoms. The van der Waals surface area contributed by atoms with E-state index in [0.29, 0.717) is 6.04 Å². The summed E-state index contributed by atoms with van der Waals surface area (Å²) in [5, 5.41) is 7.68. The molecule has 1 aliphatic heterocycles. The molecule has 0 saturated heterocycles. The first-order chi connectivity index (χ1) is 6.90. The van der Waals surface area contributed by atoms with Crippen molar-refractivity contribution in [3.63, 3.8) is 0 Å². The third-order valence-corrected chi connectivity index (χ3v) is 3.84. The molecule has 76 valence electrons. The summed E-state index contributed by atoms with van der Waals surface area (Å²) < 4.78 is 0. The zero-order chi connectivity index (χ0) is 9.80. The fraction of sp³-hybridized carbons (Fsp3) is 0.556. The minimum Gasteiger partial charge on any atom is -0.356 e. The van der Waals surface area contributed by atoms with Gasteiger partial charge in [-0.2, -0.15) is 0 Å². The second kappa shape index (κ2) is 4.79. The number of hydrogen-bond donors (Lipinski definition) is 1. The Kier molecular flexibility index (Phi) is 3.42. The fourth-order valence-corrected chi connectivity index (χ4v) is 2.87. The Morgan fingerprint density at radius 1 is 1.64 bits per heavy atom. The van der Waals surface area contributed by atoms with Crippen LogP contribution < -0.4 is 5.32 Å². The molecule has 14 heavy (non-hydrogen) atoms. The molecule has 0 spiro atoms. The van der Waals surface area contributed by atoms with Crippen molar-refractivity contribution in [2.45, 2.75) is 19.4 Å². The molecule has 1 aromatic heterocycles. The maximum absolute atomic E-state index is 4.38. The smallest absolute Gasteiger partial charge is 0.157 e. The molecule has 2 rings (SSSR count). The van der Waals surface area contributed by atoms with Crippen molar-refractivity contribution in [3.8, 4) is 0 Å². The number of thiazole rings is 1. The summed E-state index contributed by atoms with van der Waals surface area (Å²) in [7, 11) is 0. The molecule has 1 aliphatic rings. The Morgan fingerprint density at radius 3 is 3.14 bits per heavy atom. The Labute approximate surface area is 92.0 Å². The Balaban J connectivity index is 2.00.